The number of β-amino-alcohol motifs (C(OH)–C–C–N with tert-alkyl or cyclic N) is 1. The van der Waals surface area contributed by atoms with E-state index in [1.54, 1.807) is 30.2 Å². The van der Waals surface area contributed by atoms with Crippen molar-refractivity contribution in [2.45, 2.75) is 57.3 Å². The number of aliphatic hydroxyl groups is 1. The van der Waals surface area contributed by atoms with Gasteiger partial charge in [0, 0.05) is 39.1 Å². The topological polar surface area (TPSA) is 132 Å². The number of aromatic nitrogens is 3. The molecule has 228 valence electrons. The van der Waals surface area contributed by atoms with Gasteiger partial charge in [0.1, 0.15) is 23.5 Å². The van der Waals surface area contributed by atoms with E-state index in [0.29, 0.717) is 47.7 Å². The number of anilines is 2. The summed E-state index contributed by atoms with van der Waals surface area (Å²) in [5.41, 5.74) is 6.39. The second-order valence-corrected chi connectivity index (χ2v) is 11.5. The number of amides is 1. The van der Waals surface area contributed by atoms with Gasteiger partial charge < -0.3 is 34.0 Å². The summed E-state index contributed by atoms with van der Waals surface area (Å²) in [7, 11) is 3.09. The van der Waals surface area contributed by atoms with Crippen LogP contribution in [0.5, 0.6) is 11.6 Å². The number of carbonyl (C=O) groups excluding carboxylic acids is 1. The van der Waals surface area contributed by atoms with E-state index < -0.39 is 12.2 Å². The molecule has 0 radical (unpaired) electrons. The molecule has 3 aliphatic rings. The number of ether oxygens (including phenoxy) is 3. The van der Waals surface area contributed by atoms with Gasteiger partial charge in [-0.3, -0.25) is 4.79 Å². The van der Waals surface area contributed by atoms with Crippen molar-refractivity contribution < 1.29 is 28.5 Å². The van der Waals surface area contributed by atoms with Gasteiger partial charge in [-0.05, 0) is 67.2 Å². The van der Waals surface area contributed by atoms with Gasteiger partial charge in [-0.25, -0.2) is 9.97 Å². The summed E-state index contributed by atoms with van der Waals surface area (Å²) in [5, 5.41) is 13.5. The Bertz CT molecular complexity index is 1760. The highest BCUT2D eigenvalue weighted by Crippen LogP contribution is 2.41. The van der Waals surface area contributed by atoms with Gasteiger partial charge in [0.2, 0.25) is 11.8 Å². The highest BCUT2D eigenvalue weighted by molar-refractivity contribution is 5.96. The number of nitrogens with one attached hydrogen (secondary N) is 1. The molecule has 2 aromatic carbocycles. The quantitative estimate of drug-likeness (QED) is 0.291. The number of rotatable bonds is 8. The molecular formula is C33H35N5O6. The normalized spacial score (nSPS) is 19.8. The molecule has 1 saturated carbocycles. The van der Waals surface area contributed by atoms with Crippen LogP contribution in [-0.4, -0.2) is 76.5 Å². The van der Waals surface area contributed by atoms with Crippen molar-refractivity contribution in [2.24, 2.45) is 0 Å². The van der Waals surface area contributed by atoms with Crippen LogP contribution in [0.15, 0.2) is 46.9 Å². The molecule has 2 N–H and O–H groups in total. The maximum Gasteiger partial charge on any atom is 0.254 e. The molecule has 44 heavy (non-hydrogen) atoms. The number of oxazole rings is 1. The monoisotopic (exact) mass is 597 g/mol. The second-order valence-electron chi connectivity index (χ2n) is 11.5. The first-order valence-electron chi connectivity index (χ1n) is 15.0. The van der Waals surface area contributed by atoms with Crippen molar-refractivity contribution in [3.05, 3.63) is 70.7 Å². The van der Waals surface area contributed by atoms with Gasteiger partial charge in [-0.15, -0.1) is 0 Å². The summed E-state index contributed by atoms with van der Waals surface area (Å²) in [6, 6.07) is 11.2. The molecule has 2 fully saturated rings. The Morgan fingerprint density at radius 1 is 1.07 bits per heavy atom. The van der Waals surface area contributed by atoms with Crippen molar-refractivity contribution in [3.63, 3.8) is 0 Å². The summed E-state index contributed by atoms with van der Waals surface area (Å²) in [6.07, 6.45) is 6.03. The van der Waals surface area contributed by atoms with Crippen molar-refractivity contribution >= 4 is 34.2 Å². The number of benzene rings is 2. The molecule has 4 aromatic rings. The predicted molar refractivity (Wildman–Crippen MR) is 163 cm³/mol. The Morgan fingerprint density at radius 2 is 1.91 bits per heavy atom. The van der Waals surface area contributed by atoms with Gasteiger partial charge in [-0.1, -0.05) is 12.1 Å². The molecule has 11 heteroatoms. The molecule has 1 saturated heterocycles. The van der Waals surface area contributed by atoms with Crippen LogP contribution < -0.4 is 14.8 Å². The lowest BCUT2D eigenvalue weighted by Gasteiger charge is -2.19. The summed E-state index contributed by atoms with van der Waals surface area (Å²) in [6.45, 7) is 2.39. The van der Waals surface area contributed by atoms with Crippen molar-refractivity contribution in [1.29, 1.82) is 0 Å². The first-order chi connectivity index (χ1) is 21.4. The van der Waals surface area contributed by atoms with Crippen LogP contribution >= 0.6 is 0 Å². The zero-order chi connectivity index (χ0) is 30.4. The van der Waals surface area contributed by atoms with Gasteiger partial charge in [-0.2, -0.15) is 4.98 Å². The first-order valence-corrected chi connectivity index (χ1v) is 15.0. The van der Waals surface area contributed by atoms with Gasteiger partial charge in [0.25, 0.3) is 5.91 Å². The first kappa shape index (κ1) is 28.3. The lowest BCUT2D eigenvalue weighted by Crippen LogP contribution is -2.30. The maximum atomic E-state index is 13.2. The van der Waals surface area contributed by atoms with Crippen LogP contribution in [0.1, 0.15) is 58.8 Å². The minimum Gasteiger partial charge on any atom is -0.495 e. The molecule has 7 rings (SSSR count). The highest BCUT2D eigenvalue weighted by atomic mass is 16.5. The number of allylic oxidation sites excluding steroid dienone is 1. The van der Waals surface area contributed by atoms with Crippen LogP contribution in [0.3, 0.4) is 0 Å². The zero-order valence-corrected chi connectivity index (χ0v) is 25.0. The fourth-order valence-corrected chi connectivity index (χ4v) is 6.36. The van der Waals surface area contributed by atoms with Crippen LogP contribution in [0.4, 0.5) is 11.6 Å². The van der Waals surface area contributed by atoms with Gasteiger partial charge in [0.15, 0.2) is 11.5 Å². The average molecular weight is 598 g/mol. The summed E-state index contributed by atoms with van der Waals surface area (Å²) >= 11 is 0. The molecule has 0 unspecified atom stereocenters. The largest absolute Gasteiger partial charge is 0.495 e. The molecular weight excluding hydrogens is 562 g/mol. The van der Waals surface area contributed by atoms with Crippen LogP contribution in [0.25, 0.3) is 16.7 Å². The number of aryl methyl sites for hydroxylation is 1. The number of fused-ring (bicyclic) bond motifs is 2. The van der Waals surface area contributed by atoms with E-state index in [1.807, 2.05) is 25.1 Å². The number of hydrogen-bond donors (Lipinski definition) is 2. The fraction of sp³-hybridized carbons (Fsp3) is 0.394. The molecule has 0 spiro atoms. The van der Waals surface area contributed by atoms with E-state index in [4.69, 9.17) is 28.6 Å². The summed E-state index contributed by atoms with van der Waals surface area (Å²) in [5.74, 6) is 1.83. The fourth-order valence-electron chi connectivity index (χ4n) is 6.36. The standard InChI is InChI=1S/C33H35N5O6/c1-18-34-24-11-8-19(14-28(24)43-18)22-10-13-25-30(22)31(44-21-6-4-5-7-21)37-33(36-25)35-23-12-9-20(15-27(23)41-2)32(40)38-16-26(39)29(17-38)42-3/h8-12,14-15,21,26,29,39H,4-7,13,16-17H2,1-3H3,(H,35,36,37)/t26-,29+/m0/s1. The minimum atomic E-state index is -0.714. The third-order valence-electron chi connectivity index (χ3n) is 8.63. The molecule has 1 aliphatic heterocycles. The highest BCUT2D eigenvalue weighted by Gasteiger charge is 2.35. The number of likely N-dealkylation sites (tertiary alicyclic amines) is 1. The Morgan fingerprint density at radius 3 is 2.68 bits per heavy atom. The molecule has 2 aliphatic carbocycles. The third kappa shape index (κ3) is 5.26. The predicted octanol–water partition coefficient (Wildman–Crippen LogP) is 4.82. The van der Waals surface area contributed by atoms with E-state index in [2.05, 4.69) is 16.4 Å². The summed E-state index contributed by atoms with van der Waals surface area (Å²) < 4.78 is 23.3. The number of carbonyl (C=O) groups is 1. The minimum absolute atomic E-state index is 0.102. The molecule has 2 atom stereocenters. The van der Waals surface area contributed by atoms with Crippen LogP contribution in [0, 0.1) is 6.92 Å². The second kappa shape index (κ2) is 11.5. The van der Waals surface area contributed by atoms with Gasteiger partial charge in [0.05, 0.1) is 30.2 Å². The van der Waals surface area contributed by atoms with Crippen LogP contribution in [0.2, 0.25) is 0 Å². The van der Waals surface area contributed by atoms with Crippen molar-refractivity contribution in [3.8, 4) is 11.6 Å². The average Bonchev–Trinajstić information content (AvgIpc) is 3.83. The molecule has 11 nitrogen and oxygen atoms in total. The lowest BCUT2D eigenvalue weighted by molar-refractivity contribution is 0.0215. The number of hydrogen-bond acceptors (Lipinski definition) is 10. The van der Waals surface area contributed by atoms with Gasteiger partial charge >= 0.3 is 0 Å². The molecule has 2 aromatic heterocycles. The molecule has 3 heterocycles. The number of methoxy groups -OCH3 is 2. The number of aliphatic hydroxyl groups excluding tert-OH is 1. The Labute approximate surface area is 254 Å². The van der Waals surface area contributed by atoms with E-state index in [-0.39, 0.29) is 18.6 Å². The van der Waals surface area contributed by atoms with E-state index in [0.717, 1.165) is 59.2 Å². The van der Waals surface area contributed by atoms with E-state index in [1.165, 1.54) is 7.11 Å². The Kier molecular flexibility index (Phi) is 7.43. The smallest absolute Gasteiger partial charge is 0.254 e. The van der Waals surface area contributed by atoms with E-state index >= 15 is 0 Å². The Balaban J connectivity index is 1.19. The maximum absolute atomic E-state index is 13.2. The van der Waals surface area contributed by atoms with Crippen LogP contribution in [-0.2, 0) is 11.2 Å². The molecule has 0 bridgehead atoms. The lowest BCUT2D eigenvalue weighted by atomic mass is 10.0. The summed E-state index contributed by atoms with van der Waals surface area (Å²) in [4.78, 5) is 29.0. The van der Waals surface area contributed by atoms with E-state index in [9.17, 15) is 9.90 Å². The SMILES string of the molecule is COc1cc(C(=O)N2C[C@H](O)[C@H](OC)C2)ccc1Nc1nc2c(c(OC3CCCC3)n1)C(c1ccc3nc(C)oc3c1)=CC2. The molecule has 1 amide bonds. The van der Waals surface area contributed by atoms with Crippen molar-refractivity contribution in [1.82, 2.24) is 19.9 Å². The Hall–Kier alpha value is -4.48. The zero-order valence-electron chi connectivity index (χ0n) is 25.0. The third-order valence-corrected chi connectivity index (χ3v) is 8.63. The van der Waals surface area contributed by atoms with Crippen molar-refractivity contribution in [2.75, 3.05) is 32.6 Å². The number of nitrogens with zero attached hydrogens (tertiary/aromatic N) is 4.